The molecule has 0 rings (SSSR count). The van der Waals surface area contributed by atoms with Crippen LogP contribution >= 0.6 is 15.6 Å². The zero-order valence-electron chi connectivity index (χ0n) is 64.1. The van der Waals surface area contributed by atoms with E-state index in [9.17, 15) is 43.2 Å². The highest BCUT2D eigenvalue weighted by Gasteiger charge is 2.30. The number of rotatable bonds is 78. The van der Waals surface area contributed by atoms with Gasteiger partial charge in [0.1, 0.15) is 19.3 Å². The first-order valence-corrected chi connectivity index (χ1v) is 44.0. The van der Waals surface area contributed by atoms with Crippen molar-refractivity contribution in [3.63, 3.8) is 0 Å². The zero-order valence-corrected chi connectivity index (χ0v) is 65.9. The number of hydrogen-bond acceptors (Lipinski definition) is 15. The maximum absolute atomic E-state index is 13.1. The molecule has 0 radical (unpaired) electrons. The van der Waals surface area contributed by atoms with Crippen molar-refractivity contribution in [3.8, 4) is 0 Å². The van der Waals surface area contributed by atoms with Gasteiger partial charge in [-0.3, -0.25) is 37.3 Å². The van der Waals surface area contributed by atoms with Gasteiger partial charge in [-0.1, -0.05) is 363 Å². The Morgan fingerprint density at radius 2 is 0.469 bits per heavy atom. The zero-order chi connectivity index (χ0) is 72.1. The lowest BCUT2D eigenvalue weighted by Gasteiger charge is -2.21. The molecule has 0 aromatic rings. The highest BCUT2D eigenvalue weighted by Crippen LogP contribution is 2.45. The molecule has 0 aromatic heterocycles. The van der Waals surface area contributed by atoms with Crippen LogP contribution in [0.3, 0.4) is 0 Å². The fraction of sp³-hybridized carbons (Fsp3) is 0.949. The van der Waals surface area contributed by atoms with E-state index in [-0.39, 0.29) is 25.7 Å². The summed E-state index contributed by atoms with van der Waals surface area (Å²) >= 11 is 0. The fourth-order valence-electron chi connectivity index (χ4n) is 12.2. The van der Waals surface area contributed by atoms with Gasteiger partial charge in [0.15, 0.2) is 12.2 Å². The van der Waals surface area contributed by atoms with Crippen LogP contribution in [0.5, 0.6) is 0 Å². The van der Waals surface area contributed by atoms with Crippen LogP contribution < -0.4 is 0 Å². The molecule has 0 bridgehead atoms. The average molecular weight is 1440 g/mol. The molecule has 582 valence electrons. The minimum atomic E-state index is -4.96. The van der Waals surface area contributed by atoms with Crippen LogP contribution in [0.15, 0.2) is 0 Å². The van der Waals surface area contributed by atoms with Crippen LogP contribution in [-0.4, -0.2) is 96.7 Å². The molecule has 0 amide bonds. The summed E-state index contributed by atoms with van der Waals surface area (Å²) in [6.07, 6.45) is 60.0. The standard InChI is InChI=1S/C79H154O17P2/c1-7-9-11-13-15-17-19-21-23-24-25-26-27-28-29-30-32-34-39-43-51-57-63-78(83)95-74(67-89-76(81)61-55-49-42-38-33-31-22-20-18-16-14-12-10-8-2)69-93-97(85,86)91-65-73(80)66-92-98(87,88)94-70-75(68-90-77(82)62-56-50-46-45-48-54-60-72(5)6)96-79(84)64-58-52-44-40-36-35-37-41-47-53-59-71(3)4/h71-75,80H,7-70H2,1-6H3,(H,85,86)(H,87,88)/t73-,74-,75-/m1/s1. The number of phosphoric ester groups is 2. The second-order valence-corrected chi connectivity index (χ2v) is 32.3. The van der Waals surface area contributed by atoms with Gasteiger partial charge < -0.3 is 33.8 Å². The van der Waals surface area contributed by atoms with Crippen LogP contribution in [0.25, 0.3) is 0 Å². The maximum Gasteiger partial charge on any atom is 0.472 e. The van der Waals surface area contributed by atoms with Crippen molar-refractivity contribution < 1.29 is 80.2 Å². The number of ether oxygens (including phenoxy) is 4. The molecular formula is C79H154O17P2. The number of hydrogen-bond donors (Lipinski definition) is 3. The van der Waals surface area contributed by atoms with Crippen molar-refractivity contribution in [1.82, 2.24) is 0 Å². The van der Waals surface area contributed by atoms with Crippen LogP contribution in [-0.2, 0) is 65.4 Å². The smallest absolute Gasteiger partial charge is 0.462 e. The fourth-order valence-corrected chi connectivity index (χ4v) is 13.8. The third-order valence-electron chi connectivity index (χ3n) is 18.5. The second kappa shape index (κ2) is 70.7. The molecule has 19 heteroatoms. The molecule has 2 unspecified atom stereocenters. The molecule has 5 atom stereocenters. The number of aliphatic hydroxyl groups is 1. The predicted octanol–water partition coefficient (Wildman–Crippen LogP) is 23.5. The van der Waals surface area contributed by atoms with E-state index in [1.807, 2.05) is 0 Å². The third kappa shape index (κ3) is 72.4. The SMILES string of the molecule is CCCCCCCCCCCCCCCCCCCCCCCCC(=O)O[C@H](COC(=O)CCCCCCCCCCCCCCCC)COP(=O)(O)OC[C@@H](O)COP(=O)(O)OC[C@@H](COC(=O)CCCCCCCCC(C)C)OC(=O)CCCCCCCCCCCCC(C)C. The Morgan fingerprint density at radius 3 is 0.694 bits per heavy atom. The number of phosphoric acid groups is 2. The van der Waals surface area contributed by atoms with E-state index in [1.54, 1.807) is 0 Å². The molecule has 0 fully saturated rings. The van der Waals surface area contributed by atoms with Crippen molar-refractivity contribution in [2.75, 3.05) is 39.6 Å². The molecule has 98 heavy (non-hydrogen) atoms. The minimum absolute atomic E-state index is 0.105. The first-order chi connectivity index (χ1) is 47.4. The van der Waals surface area contributed by atoms with Crippen molar-refractivity contribution >= 4 is 39.5 Å². The summed E-state index contributed by atoms with van der Waals surface area (Å²) in [6.45, 7) is 9.52. The molecule has 0 saturated carbocycles. The van der Waals surface area contributed by atoms with Gasteiger partial charge in [0.05, 0.1) is 26.4 Å². The summed E-state index contributed by atoms with van der Waals surface area (Å²) in [5.41, 5.74) is 0. The average Bonchev–Trinajstić information content (AvgIpc) is 0.936. The lowest BCUT2D eigenvalue weighted by Crippen LogP contribution is -2.30. The molecule has 3 N–H and O–H groups in total. The van der Waals surface area contributed by atoms with Crippen LogP contribution in [0.2, 0.25) is 0 Å². The van der Waals surface area contributed by atoms with Gasteiger partial charge in [0.2, 0.25) is 0 Å². The van der Waals surface area contributed by atoms with Gasteiger partial charge in [-0.15, -0.1) is 0 Å². The molecule has 0 aliphatic rings. The van der Waals surface area contributed by atoms with Crippen molar-refractivity contribution in [1.29, 1.82) is 0 Å². The van der Waals surface area contributed by atoms with Crippen LogP contribution in [0, 0.1) is 11.8 Å². The van der Waals surface area contributed by atoms with Gasteiger partial charge in [0.25, 0.3) is 0 Å². The summed E-state index contributed by atoms with van der Waals surface area (Å²) < 4.78 is 68.6. The van der Waals surface area contributed by atoms with Crippen LogP contribution in [0.4, 0.5) is 0 Å². The maximum atomic E-state index is 13.1. The number of aliphatic hydroxyl groups excluding tert-OH is 1. The molecule has 17 nitrogen and oxygen atoms in total. The Morgan fingerprint density at radius 1 is 0.276 bits per heavy atom. The van der Waals surface area contributed by atoms with Crippen molar-refractivity contribution in [3.05, 3.63) is 0 Å². The highest BCUT2D eigenvalue weighted by molar-refractivity contribution is 7.47. The molecule has 0 spiro atoms. The Balaban J connectivity index is 5.19. The highest BCUT2D eigenvalue weighted by atomic mass is 31.2. The molecule has 0 aliphatic heterocycles. The van der Waals surface area contributed by atoms with Gasteiger partial charge >= 0.3 is 39.5 Å². The number of esters is 4. The van der Waals surface area contributed by atoms with E-state index in [0.717, 1.165) is 102 Å². The van der Waals surface area contributed by atoms with E-state index in [0.29, 0.717) is 31.6 Å². The predicted molar refractivity (Wildman–Crippen MR) is 400 cm³/mol. The second-order valence-electron chi connectivity index (χ2n) is 29.4. The summed E-state index contributed by atoms with van der Waals surface area (Å²) in [5.74, 6) is -0.684. The van der Waals surface area contributed by atoms with Crippen LogP contribution in [0.1, 0.15) is 414 Å². The Kier molecular flexibility index (Phi) is 69.3. The third-order valence-corrected chi connectivity index (χ3v) is 20.4. The summed E-state index contributed by atoms with van der Waals surface area (Å²) in [5, 5.41) is 10.6. The van der Waals surface area contributed by atoms with E-state index < -0.39 is 97.5 Å². The monoisotopic (exact) mass is 1440 g/mol. The number of unbranched alkanes of at least 4 members (excludes halogenated alkanes) is 48. The summed E-state index contributed by atoms with van der Waals surface area (Å²) in [7, 11) is -9.91. The topological polar surface area (TPSA) is 237 Å². The van der Waals surface area contributed by atoms with Gasteiger partial charge in [-0.25, -0.2) is 9.13 Å². The quantitative estimate of drug-likeness (QED) is 0.0222. The molecule has 0 saturated heterocycles. The van der Waals surface area contributed by atoms with E-state index in [2.05, 4.69) is 41.5 Å². The van der Waals surface area contributed by atoms with Gasteiger partial charge in [-0.05, 0) is 37.5 Å². The Bertz CT molecular complexity index is 1890. The molecular weight excluding hydrogens is 1280 g/mol. The van der Waals surface area contributed by atoms with Crippen molar-refractivity contribution in [2.24, 2.45) is 11.8 Å². The Hall–Kier alpha value is -1.94. The van der Waals surface area contributed by atoms with Crippen molar-refractivity contribution in [2.45, 2.75) is 432 Å². The molecule has 0 heterocycles. The van der Waals surface area contributed by atoms with E-state index in [1.165, 1.54) is 225 Å². The van der Waals surface area contributed by atoms with Gasteiger partial charge in [0, 0.05) is 25.7 Å². The van der Waals surface area contributed by atoms with E-state index in [4.69, 9.17) is 37.0 Å². The van der Waals surface area contributed by atoms with Gasteiger partial charge in [-0.2, -0.15) is 0 Å². The van der Waals surface area contributed by atoms with E-state index >= 15 is 0 Å². The number of carbonyl (C=O) groups excluding carboxylic acids is 4. The summed E-state index contributed by atoms with van der Waals surface area (Å²) in [4.78, 5) is 72.9. The lowest BCUT2D eigenvalue weighted by molar-refractivity contribution is -0.161. The largest absolute Gasteiger partial charge is 0.472 e. The minimum Gasteiger partial charge on any atom is -0.462 e. The Labute approximate surface area is 600 Å². The lowest BCUT2D eigenvalue weighted by atomic mass is 10.0. The first-order valence-electron chi connectivity index (χ1n) is 41.0. The number of carbonyl (C=O) groups is 4. The normalized spacial score (nSPS) is 13.9. The molecule has 0 aliphatic carbocycles. The summed E-state index contributed by atoms with van der Waals surface area (Å²) in [6, 6.07) is 0. The first kappa shape index (κ1) is 96.1. The molecule has 0 aromatic carbocycles.